The fourth-order valence-corrected chi connectivity index (χ4v) is 1.34. The van der Waals surface area contributed by atoms with E-state index in [1.807, 2.05) is 13.8 Å². The van der Waals surface area contributed by atoms with Gasteiger partial charge in [-0.25, -0.2) is 14.6 Å². The smallest absolute Gasteiger partial charge is 0.359 e. The predicted molar refractivity (Wildman–Crippen MR) is 59.5 cm³/mol. The third kappa shape index (κ3) is 3.90. The van der Waals surface area contributed by atoms with Gasteiger partial charge in [-0.2, -0.15) is 0 Å². The highest BCUT2D eigenvalue weighted by Crippen LogP contribution is 2.11. The Labute approximate surface area is 99.2 Å². The highest BCUT2D eigenvalue weighted by atomic mass is 16.6. The van der Waals surface area contributed by atoms with Crippen molar-refractivity contribution in [3.05, 3.63) is 18.2 Å². The Hall–Kier alpha value is -1.85. The highest BCUT2D eigenvalue weighted by Gasteiger charge is 2.24. The molecule has 0 unspecified atom stereocenters. The molecular formula is C11H16N2O4. The number of imidazole rings is 1. The fraction of sp³-hybridized carbons (Fsp3) is 0.545. The van der Waals surface area contributed by atoms with E-state index in [4.69, 9.17) is 9.84 Å². The molecule has 6 heteroatoms. The molecule has 0 saturated heterocycles. The van der Waals surface area contributed by atoms with E-state index in [2.05, 4.69) is 4.98 Å². The van der Waals surface area contributed by atoms with Crippen LogP contribution in [0.3, 0.4) is 0 Å². The normalized spacial score (nSPS) is 12.5. The van der Waals surface area contributed by atoms with Crippen LogP contribution in [0.15, 0.2) is 12.5 Å². The van der Waals surface area contributed by atoms with Crippen molar-refractivity contribution in [2.45, 2.75) is 26.4 Å². The molecular weight excluding hydrogens is 224 g/mol. The van der Waals surface area contributed by atoms with Crippen LogP contribution in [0.5, 0.6) is 0 Å². The number of rotatable bonds is 5. The second-order valence-corrected chi connectivity index (χ2v) is 4.29. The molecule has 0 aromatic carbocycles. The van der Waals surface area contributed by atoms with Crippen LogP contribution in [0, 0.1) is 5.92 Å². The van der Waals surface area contributed by atoms with Gasteiger partial charge in [-0.3, -0.25) is 0 Å². The van der Waals surface area contributed by atoms with Gasteiger partial charge in [-0.15, -0.1) is 0 Å². The monoisotopic (exact) mass is 240 g/mol. The molecule has 17 heavy (non-hydrogen) atoms. The van der Waals surface area contributed by atoms with Crippen molar-refractivity contribution in [1.82, 2.24) is 9.55 Å². The summed E-state index contributed by atoms with van der Waals surface area (Å²) in [5.41, 5.74) is 0.113. The standard InChI is InChI=1S/C11H16N2O4/c1-7(2)4-9(10(14)15)17-11(16)8-5-13(3)6-12-8/h5-7,9H,4H2,1-3H3,(H,14,15)/t9-/m1/s1. The van der Waals surface area contributed by atoms with E-state index in [0.717, 1.165) is 0 Å². The zero-order chi connectivity index (χ0) is 13.0. The number of aryl methyl sites for hydroxylation is 1. The summed E-state index contributed by atoms with van der Waals surface area (Å²) in [5.74, 6) is -1.71. The third-order valence-corrected chi connectivity index (χ3v) is 2.12. The van der Waals surface area contributed by atoms with Gasteiger partial charge >= 0.3 is 11.9 Å². The fourth-order valence-electron chi connectivity index (χ4n) is 1.34. The molecule has 1 rings (SSSR count). The Bertz CT molecular complexity index is 411. The first-order chi connectivity index (χ1) is 7.90. The van der Waals surface area contributed by atoms with Gasteiger partial charge < -0.3 is 14.4 Å². The van der Waals surface area contributed by atoms with Gasteiger partial charge in [-0.1, -0.05) is 13.8 Å². The van der Waals surface area contributed by atoms with Gasteiger partial charge in [0.25, 0.3) is 0 Å². The maximum atomic E-state index is 11.6. The lowest BCUT2D eigenvalue weighted by Crippen LogP contribution is -2.28. The minimum absolute atomic E-state index is 0.113. The number of ether oxygens (including phenoxy) is 1. The summed E-state index contributed by atoms with van der Waals surface area (Å²) in [6.45, 7) is 3.73. The summed E-state index contributed by atoms with van der Waals surface area (Å²) in [6, 6.07) is 0. The van der Waals surface area contributed by atoms with Crippen molar-refractivity contribution in [1.29, 1.82) is 0 Å². The zero-order valence-electron chi connectivity index (χ0n) is 10.1. The summed E-state index contributed by atoms with van der Waals surface area (Å²) in [6.07, 6.45) is 2.10. The summed E-state index contributed by atoms with van der Waals surface area (Å²) >= 11 is 0. The van der Waals surface area contributed by atoms with E-state index in [1.165, 1.54) is 12.5 Å². The summed E-state index contributed by atoms with van der Waals surface area (Å²) < 4.78 is 6.50. The third-order valence-electron chi connectivity index (χ3n) is 2.12. The van der Waals surface area contributed by atoms with Crippen molar-refractivity contribution in [3.8, 4) is 0 Å². The highest BCUT2D eigenvalue weighted by molar-refractivity contribution is 5.89. The van der Waals surface area contributed by atoms with Gasteiger partial charge in [0.2, 0.25) is 0 Å². The van der Waals surface area contributed by atoms with Crippen molar-refractivity contribution in [3.63, 3.8) is 0 Å². The molecule has 0 aliphatic rings. The van der Waals surface area contributed by atoms with Gasteiger partial charge in [0.05, 0.1) is 6.33 Å². The lowest BCUT2D eigenvalue weighted by molar-refractivity contribution is -0.148. The maximum absolute atomic E-state index is 11.6. The first-order valence-corrected chi connectivity index (χ1v) is 5.32. The number of carboxylic acid groups (broad SMARTS) is 1. The first kappa shape index (κ1) is 13.2. The van der Waals surface area contributed by atoms with E-state index in [0.29, 0.717) is 0 Å². The van der Waals surface area contributed by atoms with E-state index < -0.39 is 18.0 Å². The molecule has 0 radical (unpaired) electrons. The van der Waals surface area contributed by atoms with Gasteiger partial charge in [0.15, 0.2) is 11.8 Å². The average Bonchev–Trinajstić information content (AvgIpc) is 2.63. The number of carbonyl (C=O) groups is 2. The van der Waals surface area contributed by atoms with Crippen molar-refractivity contribution >= 4 is 11.9 Å². The molecule has 1 N–H and O–H groups in total. The van der Waals surface area contributed by atoms with Gasteiger partial charge in [0.1, 0.15) is 0 Å². The van der Waals surface area contributed by atoms with Crippen LogP contribution in [0.1, 0.15) is 30.8 Å². The molecule has 1 aromatic rings. The summed E-state index contributed by atoms with van der Waals surface area (Å²) in [5, 5.41) is 8.92. The number of aliphatic carboxylic acids is 1. The summed E-state index contributed by atoms with van der Waals surface area (Å²) in [7, 11) is 1.71. The number of nitrogens with zero attached hydrogens (tertiary/aromatic N) is 2. The number of hydrogen-bond acceptors (Lipinski definition) is 4. The Morgan fingerprint density at radius 3 is 2.59 bits per heavy atom. The Morgan fingerprint density at radius 1 is 1.53 bits per heavy atom. The minimum Gasteiger partial charge on any atom is -0.479 e. The van der Waals surface area contributed by atoms with Gasteiger partial charge in [-0.05, 0) is 12.3 Å². The van der Waals surface area contributed by atoms with Crippen LogP contribution in [0.25, 0.3) is 0 Å². The number of aromatic nitrogens is 2. The Kier molecular flexibility index (Phi) is 4.25. The molecule has 1 atom stereocenters. The maximum Gasteiger partial charge on any atom is 0.359 e. The number of esters is 1. The lowest BCUT2D eigenvalue weighted by atomic mass is 10.1. The lowest BCUT2D eigenvalue weighted by Gasteiger charge is -2.14. The molecule has 0 bridgehead atoms. The number of carbonyl (C=O) groups excluding carboxylic acids is 1. The minimum atomic E-state index is -1.14. The molecule has 0 saturated carbocycles. The van der Waals surface area contributed by atoms with E-state index in [1.54, 1.807) is 11.6 Å². The summed E-state index contributed by atoms with van der Waals surface area (Å²) in [4.78, 5) is 26.3. The van der Waals surface area contributed by atoms with Crippen LogP contribution in [0.2, 0.25) is 0 Å². The van der Waals surface area contributed by atoms with Crippen molar-refractivity contribution in [2.75, 3.05) is 0 Å². The van der Waals surface area contributed by atoms with Crippen molar-refractivity contribution in [2.24, 2.45) is 13.0 Å². The molecule has 0 aliphatic carbocycles. The van der Waals surface area contributed by atoms with E-state index in [-0.39, 0.29) is 18.0 Å². The van der Waals surface area contributed by atoms with Crippen LogP contribution < -0.4 is 0 Å². The van der Waals surface area contributed by atoms with Crippen LogP contribution >= 0.6 is 0 Å². The molecule has 1 heterocycles. The van der Waals surface area contributed by atoms with Crippen LogP contribution in [-0.2, 0) is 16.6 Å². The zero-order valence-corrected chi connectivity index (χ0v) is 10.1. The molecule has 6 nitrogen and oxygen atoms in total. The molecule has 0 spiro atoms. The second kappa shape index (κ2) is 5.47. The first-order valence-electron chi connectivity index (χ1n) is 5.32. The van der Waals surface area contributed by atoms with Crippen LogP contribution in [-0.4, -0.2) is 32.7 Å². The quantitative estimate of drug-likeness (QED) is 0.779. The average molecular weight is 240 g/mol. The number of carboxylic acids is 1. The predicted octanol–water partition coefficient (Wildman–Crippen LogP) is 1.08. The largest absolute Gasteiger partial charge is 0.479 e. The van der Waals surface area contributed by atoms with E-state index >= 15 is 0 Å². The molecule has 0 amide bonds. The Balaban J connectivity index is 2.67. The van der Waals surface area contributed by atoms with E-state index in [9.17, 15) is 9.59 Å². The number of hydrogen-bond donors (Lipinski definition) is 1. The van der Waals surface area contributed by atoms with Gasteiger partial charge in [0, 0.05) is 13.2 Å². The Morgan fingerprint density at radius 2 is 2.18 bits per heavy atom. The second-order valence-electron chi connectivity index (χ2n) is 4.29. The molecule has 0 aliphatic heterocycles. The topological polar surface area (TPSA) is 81.4 Å². The molecule has 94 valence electrons. The molecule has 0 fully saturated rings. The SMILES string of the molecule is CC(C)C[C@@H](OC(=O)c1cn(C)cn1)C(=O)O. The van der Waals surface area contributed by atoms with Crippen molar-refractivity contribution < 1.29 is 19.4 Å². The van der Waals surface area contributed by atoms with Crippen LogP contribution in [0.4, 0.5) is 0 Å². The molecule has 1 aromatic heterocycles.